The van der Waals surface area contributed by atoms with Crippen LogP contribution < -0.4 is 14.8 Å². The van der Waals surface area contributed by atoms with Crippen LogP contribution in [0.25, 0.3) is 0 Å². The molecule has 0 spiro atoms. The van der Waals surface area contributed by atoms with Gasteiger partial charge >= 0.3 is 5.97 Å². The first-order valence-electron chi connectivity index (χ1n) is 7.50. The minimum absolute atomic E-state index is 0.409. The molecule has 0 heterocycles. The van der Waals surface area contributed by atoms with Gasteiger partial charge in [0.25, 0.3) is 5.91 Å². The van der Waals surface area contributed by atoms with Crippen LogP contribution in [0.1, 0.15) is 6.92 Å². The number of benzene rings is 2. The largest absolute Gasteiger partial charge is 0.497 e. The number of anilines is 1. The Hall–Kier alpha value is -2.73. The number of carbonyl (C=O) groups excluding carboxylic acids is 2. The molecule has 7 heteroatoms. The van der Waals surface area contributed by atoms with Crippen LogP contribution >= 0.6 is 11.6 Å². The lowest BCUT2D eigenvalue weighted by molar-refractivity contribution is -0.153. The third-order valence-corrected chi connectivity index (χ3v) is 3.40. The first-order chi connectivity index (χ1) is 12.0. The van der Waals surface area contributed by atoms with Crippen molar-refractivity contribution in [2.45, 2.75) is 13.0 Å². The summed E-state index contributed by atoms with van der Waals surface area (Å²) in [5.74, 6) is 0.0226. The SMILES string of the molecule is COc1ccc(NC(=O)COC(=O)C(C)Oc2cccc(Cl)c2)cc1. The number of methoxy groups -OCH3 is 1. The van der Waals surface area contributed by atoms with Crippen molar-refractivity contribution in [1.82, 2.24) is 0 Å². The fraction of sp³-hybridized carbons (Fsp3) is 0.222. The Kier molecular flexibility index (Phi) is 6.65. The highest BCUT2D eigenvalue weighted by atomic mass is 35.5. The van der Waals surface area contributed by atoms with E-state index >= 15 is 0 Å². The second-order valence-electron chi connectivity index (χ2n) is 5.10. The molecule has 0 radical (unpaired) electrons. The maximum atomic E-state index is 11.9. The van der Waals surface area contributed by atoms with E-state index in [9.17, 15) is 9.59 Å². The van der Waals surface area contributed by atoms with Gasteiger partial charge in [-0.05, 0) is 49.4 Å². The zero-order chi connectivity index (χ0) is 18.2. The molecule has 2 aromatic carbocycles. The molecule has 1 N–H and O–H groups in total. The van der Waals surface area contributed by atoms with E-state index in [0.29, 0.717) is 22.2 Å². The van der Waals surface area contributed by atoms with Crippen LogP contribution in [-0.4, -0.2) is 31.7 Å². The molecule has 25 heavy (non-hydrogen) atoms. The maximum Gasteiger partial charge on any atom is 0.347 e. The minimum atomic E-state index is -0.868. The van der Waals surface area contributed by atoms with Crippen LogP contribution in [0.15, 0.2) is 48.5 Å². The summed E-state index contributed by atoms with van der Waals surface area (Å²) < 4.78 is 15.4. The number of hydrogen-bond acceptors (Lipinski definition) is 5. The van der Waals surface area contributed by atoms with E-state index in [-0.39, 0.29) is 0 Å². The topological polar surface area (TPSA) is 73.9 Å². The molecule has 0 saturated carbocycles. The van der Waals surface area contributed by atoms with Crippen LogP contribution in [0.5, 0.6) is 11.5 Å². The van der Waals surface area contributed by atoms with Crippen molar-refractivity contribution in [2.75, 3.05) is 19.0 Å². The van der Waals surface area contributed by atoms with Crippen LogP contribution in [0.4, 0.5) is 5.69 Å². The molecule has 2 rings (SSSR count). The lowest BCUT2D eigenvalue weighted by Crippen LogP contribution is -2.29. The van der Waals surface area contributed by atoms with Gasteiger partial charge in [-0.1, -0.05) is 17.7 Å². The van der Waals surface area contributed by atoms with Gasteiger partial charge < -0.3 is 19.5 Å². The van der Waals surface area contributed by atoms with Crippen LogP contribution in [0.2, 0.25) is 5.02 Å². The Morgan fingerprint density at radius 3 is 2.48 bits per heavy atom. The van der Waals surface area contributed by atoms with Crippen LogP contribution in [-0.2, 0) is 14.3 Å². The van der Waals surface area contributed by atoms with Crippen LogP contribution in [0.3, 0.4) is 0 Å². The molecule has 2 aromatic rings. The highest BCUT2D eigenvalue weighted by molar-refractivity contribution is 6.30. The van der Waals surface area contributed by atoms with Gasteiger partial charge in [0.15, 0.2) is 12.7 Å². The zero-order valence-corrected chi connectivity index (χ0v) is 14.6. The molecule has 6 nitrogen and oxygen atoms in total. The van der Waals surface area contributed by atoms with Gasteiger partial charge in [0, 0.05) is 10.7 Å². The predicted molar refractivity (Wildman–Crippen MR) is 94.1 cm³/mol. The summed E-state index contributed by atoms with van der Waals surface area (Å²) in [6.45, 7) is 1.12. The van der Waals surface area contributed by atoms with Gasteiger partial charge in [-0.3, -0.25) is 4.79 Å². The normalized spacial score (nSPS) is 11.3. The monoisotopic (exact) mass is 363 g/mol. The summed E-state index contributed by atoms with van der Waals surface area (Å²) >= 11 is 5.85. The van der Waals surface area contributed by atoms with E-state index in [1.807, 2.05) is 0 Å². The average Bonchev–Trinajstić information content (AvgIpc) is 2.60. The number of ether oxygens (including phenoxy) is 3. The number of rotatable bonds is 7. The Balaban J connectivity index is 1.78. The molecular weight excluding hydrogens is 346 g/mol. The van der Waals surface area contributed by atoms with Crippen LogP contribution in [0, 0.1) is 0 Å². The van der Waals surface area contributed by atoms with Crippen molar-refractivity contribution in [3.8, 4) is 11.5 Å². The van der Waals surface area contributed by atoms with Gasteiger partial charge in [-0.2, -0.15) is 0 Å². The van der Waals surface area contributed by atoms with Crippen molar-refractivity contribution < 1.29 is 23.8 Å². The van der Waals surface area contributed by atoms with E-state index < -0.39 is 24.6 Å². The summed E-state index contributed by atoms with van der Waals surface area (Å²) in [6, 6.07) is 13.4. The molecule has 0 aliphatic rings. The quantitative estimate of drug-likeness (QED) is 0.764. The number of nitrogens with one attached hydrogen (secondary N) is 1. The molecule has 1 amide bonds. The van der Waals surface area contributed by atoms with Gasteiger partial charge in [-0.25, -0.2) is 4.79 Å². The smallest absolute Gasteiger partial charge is 0.347 e. The fourth-order valence-electron chi connectivity index (χ4n) is 1.92. The number of carbonyl (C=O) groups is 2. The van der Waals surface area contributed by atoms with Gasteiger partial charge in [-0.15, -0.1) is 0 Å². The van der Waals surface area contributed by atoms with Gasteiger partial charge in [0.05, 0.1) is 7.11 Å². The number of amides is 1. The van der Waals surface area contributed by atoms with Gasteiger partial charge in [0.1, 0.15) is 11.5 Å². The Morgan fingerprint density at radius 1 is 1.12 bits per heavy atom. The Morgan fingerprint density at radius 2 is 1.84 bits per heavy atom. The lowest BCUT2D eigenvalue weighted by atomic mass is 10.3. The van der Waals surface area contributed by atoms with Crippen molar-refractivity contribution in [1.29, 1.82) is 0 Å². The Bertz CT molecular complexity index is 733. The molecule has 0 saturated heterocycles. The standard InChI is InChI=1S/C18H18ClNO5/c1-12(25-16-5-3-4-13(19)10-16)18(22)24-11-17(21)20-14-6-8-15(23-2)9-7-14/h3-10,12H,11H2,1-2H3,(H,20,21). The highest BCUT2D eigenvalue weighted by Gasteiger charge is 2.18. The number of hydrogen-bond donors (Lipinski definition) is 1. The molecule has 0 aromatic heterocycles. The first-order valence-corrected chi connectivity index (χ1v) is 7.88. The van der Waals surface area contributed by atoms with E-state index in [1.165, 1.54) is 6.92 Å². The third-order valence-electron chi connectivity index (χ3n) is 3.16. The fourth-order valence-corrected chi connectivity index (χ4v) is 2.10. The van der Waals surface area contributed by atoms with Gasteiger partial charge in [0.2, 0.25) is 0 Å². The van der Waals surface area contributed by atoms with E-state index in [0.717, 1.165) is 0 Å². The number of esters is 1. The summed E-state index contributed by atoms with van der Waals surface area (Å²) in [5, 5.41) is 3.11. The zero-order valence-electron chi connectivity index (χ0n) is 13.8. The summed E-state index contributed by atoms with van der Waals surface area (Å²) in [4.78, 5) is 23.7. The molecule has 132 valence electrons. The third kappa shape index (κ3) is 6.00. The molecule has 1 unspecified atom stereocenters. The molecule has 1 atom stereocenters. The molecule has 0 aliphatic carbocycles. The van der Waals surface area contributed by atoms with Crippen molar-refractivity contribution in [3.05, 3.63) is 53.6 Å². The van der Waals surface area contributed by atoms with E-state index in [4.69, 9.17) is 25.8 Å². The second kappa shape index (κ2) is 8.94. The average molecular weight is 364 g/mol. The first kappa shape index (κ1) is 18.6. The molecule has 0 bridgehead atoms. The van der Waals surface area contributed by atoms with Crippen molar-refractivity contribution >= 4 is 29.2 Å². The summed E-state index contributed by atoms with van der Waals surface area (Å²) in [5.41, 5.74) is 0.574. The minimum Gasteiger partial charge on any atom is -0.497 e. The Labute approximate surface area is 150 Å². The molecule has 0 fully saturated rings. The lowest BCUT2D eigenvalue weighted by Gasteiger charge is -2.14. The summed E-state index contributed by atoms with van der Waals surface area (Å²) in [7, 11) is 1.56. The van der Waals surface area contributed by atoms with Crippen molar-refractivity contribution in [2.24, 2.45) is 0 Å². The summed E-state index contributed by atoms with van der Waals surface area (Å²) in [6.07, 6.45) is -0.868. The van der Waals surface area contributed by atoms with Crippen molar-refractivity contribution in [3.63, 3.8) is 0 Å². The van der Waals surface area contributed by atoms with E-state index in [2.05, 4.69) is 5.32 Å². The highest BCUT2D eigenvalue weighted by Crippen LogP contribution is 2.18. The maximum absolute atomic E-state index is 11.9. The van der Waals surface area contributed by atoms with E-state index in [1.54, 1.807) is 55.6 Å². The number of halogens is 1. The molecular formula is C18H18ClNO5. The molecule has 0 aliphatic heterocycles. The second-order valence-corrected chi connectivity index (χ2v) is 5.54. The predicted octanol–water partition coefficient (Wildman–Crippen LogP) is 3.30.